The third kappa shape index (κ3) is 1.45. The fourth-order valence-electron chi connectivity index (χ4n) is 3.41. The summed E-state index contributed by atoms with van der Waals surface area (Å²) in [5.74, 6) is 0.927. The van der Waals surface area contributed by atoms with E-state index in [0.29, 0.717) is 0 Å². The van der Waals surface area contributed by atoms with Crippen molar-refractivity contribution in [3.63, 3.8) is 0 Å². The molecule has 0 amide bonds. The summed E-state index contributed by atoms with van der Waals surface area (Å²) in [7, 11) is 1.73. The molecule has 2 heterocycles. The van der Waals surface area contributed by atoms with Gasteiger partial charge in [-0.15, -0.1) is 0 Å². The monoisotopic (exact) mass is 263 g/mol. The van der Waals surface area contributed by atoms with Crippen molar-refractivity contribution in [1.82, 2.24) is 4.57 Å². The van der Waals surface area contributed by atoms with Crippen LogP contribution in [0.3, 0.4) is 0 Å². The minimum atomic E-state index is 0.927. The molecule has 3 aromatic rings. The molecule has 2 nitrogen and oxygen atoms in total. The zero-order valence-corrected chi connectivity index (χ0v) is 11.8. The van der Waals surface area contributed by atoms with Crippen LogP contribution in [0.1, 0.15) is 11.1 Å². The van der Waals surface area contributed by atoms with Crippen LogP contribution < -0.4 is 4.74 Å². The molecule has 0 N–H and O–H groups in total. The van der Waals surface area contributed by atoms with Gasteiger partial charge in [0.1, 0.15) is 5.75 Å². The second kappa shape index (κ2) is 4.14. The van der Waals surface area contributed by atoms with Crippen LogP contribution in [0.5, 0.6) is 5.75 Å². The third-order valence-corrected chi connectivity index (χ3v) is 4.40. The number of hydrogen-bond donors (Lipinski definition) is 0. The number of fused-ring (bicyclic) bond motifs is 5. The van der Waals surface area contributed by atoms with Crippen molar-refractivity contribution in [2.75, 3.05) is 7.11 Å². The van der Waals surface area contributed by atoms with Crippen LogP contribution in [0.2, 0.25) is 0 Å². The van der Waals surface area contributed by atoms with Crippen LogP contribution in [0.4, 0.5) is 0 Å². The Morgan fingerprint density at radius 2 is 1.95 bits per heavy atom. The molecular formula is C18H17NO. The summed E-state index contributed by atoms with van der Waals surface area (Å²) in [4.78, 5) is 0. The Morgan fingerprint density at radius 1 is 1.10 bits per heavy atom. The summed E-state index contributed by atoms with van der Waals surface area (Å²) in [5, 5.41) is 1.33. The van der Waals surface area contributed by atoms with Crippen molar-refractivity contribution in [1.29, 1.82) is 0 Å². The zero-order chi connectivity index (χ0) is 13.7. The van der Waals surface area contributed by atoms with Gasteiger partial charge in [-0.05, 0) is 36.6 Å². The number of rotatable bonds is 1. The highest BCUT2D eigenvalue weighted by molar-refractivity contribution is 5.93. The molecule has 4 rings (SSSR count). The molecule has 100 valence electrons. The van der Waals surface area contributed by atoms with E-state index >= 15 is 0 Å². The molecule has 0 bridgehead atoms. The van der Waals surface area contributed by atoms with Crippen molar-refractivity contribution >= 4 is 10.9 Å². The average molecular weight is 263 g/mol. The highest BCUT2D eigenvalue weighted by Gasteiger charge is 2.21. The predicted octanol–water partition coefficient (Wildman–Crippen LogP) is 4.18. The Morgan fingerprint density at radius 3 is 2.80 bits per heavy atom. The molecule has 2 aromatic carbocycles. The quantitative estimate of drug-likeness (QED) is 0.642. The Bertz CT molecular complexity index is 814. The Kier molecular flexibility index (Phi) is 2.40. The van der Waals surface area contributed by atoms with Crippen molar-refractivity contribution in [3.8, 4) is 17.0 Å². The number of aromatic nitrogens is 1. The summed E-state index contributed by atoms with van der Waals surface area (Å²) in [5.41, 5.74) is 6.86. The van der Waals surface area contributed by atoms with E-state index in [1.54, 1.807) is 7.11 Å². The van der Waals surface area contributed by atoms with Crippen LogP contribution in [0.25, 0.3) is 22.2 Å². The molecule has 2 heteroatoms. The van der Waals surface area contributed by atoms with Gasteiger partial charge in [0.2, 0.25) is 0 Å². The van der Waals surface area contributed by atoms with Crippen molar-refractivity contribution < 1.29 is 4.74 Å². The van der Waals surface area contributed by atoms with Crippen molar-refractivity contribution in [3.05, 3.63) is 53.6 Å². The second-order valence-electron chi connectivity index (χ2n) is 5.42. The highest BCUT2D eigenvalue weighted by Crippen LogP contribution is 2.39. The lowest BCUT2D eigenvalue weighted by Gasteiger charge is -2.20. The van der Waals surface area contributed by atoms with Gasteiger partial charge < -0.3 is 9.30 Å². The van der Waals surface area contributed by atoms with Gasteiger partial charge in [0.05, 0.1) is 18.3 Å². The Hall–Kier alpha value is -2.22. The Balaban J connectivity index is 2.09. The molecule has 0 atom stereocenters. The fraction of sp³-hybridized carbons (Fsp3) is 0.222. The minimum Gasteiger partial charge on any atom is -0.497 e. The molecule has 0 saturated heterocycles. The lowest BCUT2D eigenvalue weighted by Crippen LogP contribution is -2.10. The minimum absolute atomic E-state index is 0.927. The van der Waals surface area contributed by atoms with Gasteiger partial charge in [0.25, 0.3) is 0 Å². The first-order chi connectivity index (χ1) is 9.79. The maximum atomic E-state index is 5.38. The fourth-order valence-corrected chi connectivity index (χ4v) is 3.41. The summed E-state index contributed by atoms with van der Waals surface area (Å²) < 4.78 is 7.82. The number of nitrogens with zero attached hydrogens (tertiary/aromatic N) is 1. The normalized spacial score (nSPS) is 13.1. The first-order valence-electron chi connectivity index (χ1n) is 7.04. The molecule has 0 unspecified atom stereocenters. The lowest BCUT2D eigenvalue weighted by atomic mass is 9.96. The molecule has 1 aromatic heterocycles. The molecular weight excluding hydrogens is 246 g/mol. The molecule has 1 aliphatic rings. The van der Waals surface area contributed by atoms with E-state index in [2.05, 4.69) is 47.9 Å². The van der Waals surface area contributed by atoms with E-state index in [4.69, 9.17) is 4.74 Å². The van der Waals surface area contributed by atoms with Crippen molar-refractivity contribution in [2.24, 2.45) is 0 Å². The molecule has 0 aliphatic carbocycles. The van der Waals surface area contributed by atoms with Gasteiger partial charge in [-0.25, -0.2) is 0 Å². The molecule has 0 fully saturated rings. The van der Waals surface area contributed by atoms with E-state index < -0.39 is 0 Å². The van der Waals surface area contributed by atoms with E-state index in [9.17, 15) is 0 Å². The molecule has 0 radical (unpaired) electrons. The van der Waals surface area contributed by atoms with Crippen LogP contribution >= 0.6 is 0 Å². The maximum Gasteiger partial charge on any atom is 0.120 e. The predicted molar refractivity (Wildman–Crippen MR) is 82.4 cm³/mol. The smallest absolute Gasteiger partial charge is 0.120 e. The summed E-state index contributed by atoms with van der Waals surface area (Å²) in [6.45, 7) is 3.27. The van der Waals surface area contributed by atoms with E-state index in [1.165, 1.54) is 33.3 Å². The number of methoxy groups -OCH3 is 1. The van der Waals surface area contributed by atoms with Gasteiger partial charge in [-0.1, -0.05) is 24.3 Å². The first kappa shape index (κ1) is 11.6. The van der Waals surface area contributed by atoms with Crippen molar-refractivity contribution in [2.45, 2.75) is 19.9 Å². The standard InChI is InChI=1S/C18H17NO/c1-12-15-8-7-14(20-2)11-17(15)19-10-9-13-5-3-4-6-16(13)18(12)19/h3-8,11H,9-10H2,1-2H3. The van der Waals surface area contributed by atoms with Crippen LogP contribution in [0, 0.1) is 6.92 Å². The van der Waals surface area contributed by atoms with Gasteiger partial charge in [0.15, 0.2) is 0 Å². The van der Waals surface area contributed by atoms with E-state index in [0.717, 1.165) is 18.7 Å². The second-order valence-corrected chi connectivity index (χ2v) is 5.42. The van der Waals surface area contributed by atoms with E-state index in [1.807, 2.05) is 6.07 Å². The molecule has 20 heavy (non-hydrogen) atoms. The molecule has 1 aliphatic heterocycles. The molecule has 0 saturated carbocycles. The topological polar surface area (TPSA) is 14.2 Å². The number of aryl methyl sites for hydroxylation is 3. The van der Waals surface area contributed by atoms with Crippen LogP contribution in [-0.2, 0) is 13.0 Å². The lowest BCUT2D eigenvalue weighted by molar-refractivity contribution is 0.415. The number of benzene rings is 2. The first-order valence-corrected chi connectivity index (χ1v) is 7.04. The molecule has 0 spiro atoms. The third-order valence-electron chi connectivity index (χ3n) is 4.40. The average Bonchev–Trinajstić information content (AvgIpc) is 2.80. The van der Waals surface area contributed by atoms with Crippen LogP contribution in [0.15, 0.2) is 42.5 Å². The van der Waals surface area contributed by atoms with Gasteiger partial charge in [0, 0.05) is 23.6 Å². The summed E-state index contributed by atoms with van der Waals surface area (Å²) >= 11 is 0. The van der Waals surface area contributed by atoms with Gasteiger partial charge >= 0.3 is 0 Å². The largest absolute Gasteiger partial charge is 0.497 e. The highest BCUT2D eigenvalue weighted by atomic mass is 16.5. The zero-order valence-electron chi connectivity index (χ0n) is 11.8. The number of ether oxygens (including phenoxy) is 1. The SMILES string of the molecule is COc1ccc2c(C)c3n(c2c1)CCc1ccccc1-3. The van der Waals surface area contributed by atoms with Gasteiger partial charge in [-0.3, -0.25) is 0 Å². The Labute approximate surface area is 118 Å². The van der Waals surface area contributed by atoms with Crippen LogP contribution in [-0.4, -0.2) is 11.7 Å². The summed E-state index contributed by atoms with van der Waals surface area (Å²) in [6.07, 6.45) is 1.10. The number of hydrogen-bond acceptors (Lipinski definition) is 1. The van der Waals surface area contributed by atoms with Gasteiger partial charge in [-0.2, -0.15) is 0 Å². The maximum absolute atomic E-state index is 5.38. The van der Waals surface area contributed by atoms with E-state index in [-0.39, 0.29) is 0 Å². The summed E-state index contributed by atoms with van der Waals surface area (Å²) in [6, 6.07) is 15.1.